The topological polar surface area (TPSA) is 68.1 Å². The van der Waals surface area contributed by atoms with Crippen molar-refractivity contribution in [1.29, 1.82) is 0 Å². The summed E-state index contributed by atoms with van der Waals surface area (Å²) in [5.74, 6) is -1.40. The number of benzene rings is 1. The summed E-state index contributed by atoms with van der Waals surface area (Å²) in [4.78, 5) is 11.4. The minimum absolute atomic E-state index is 0.0753. The van der Waals surface area contributed by atoms with Crippen molar-refractivity contribution in [3.8, 4) is 5.75 Å². The Morgan fingerprint density at radius 2 is 1.97 bits per heavy atom. The van der Waals surface area contributed by atoms with E-state index in [1.165, 1.54) is 11.1 Å². The van der Waals surface area contributed by atoms with Crippen LogP contribution in [0.4, 0.5) is 20.4 Å². The van der Waals surface area contributed by atoms with Gasteiger partial charge in [-0.25, -0.2) is 18.4 Å². The third-order valence-corrected chi connectivity index (χ3v) is 6.34. The summed E-state index contributed by atoms with van der Waals surface area (Å²) in [6.07, 6.45) is 4.95. The second-order valence-electron chi connectivity index (χ2n) is 8.58. The van der Waals surface area contributed by atoms with Gasteiger partial charge < -0.3 is 15.0 Å². The fraction of sp³-hybridized carbons (Fsp3) is 0.500. The molecule has 7 nitrogen and oxygen atoms in total. The van der Waals surface area contributed by atoms with Gasteiger partial charge in [0.05, 0.1) is 30.4 Å². The molecular formula is C22H26F2N6O. The largest absolute Gasteiger partial charge is 0.495 e. The van der Waals surface area contributed by atoms with Gasteiger partial charge in [0.15, 0.2) is 5.65 Å². The molecule has 0 spiro atoms. The molecule has 9 heteroatoms. The monoisotopic (exact) mass is 428 g/mol. The molecule has 3 heterocycles. The number of ether oxygens (including phenoxy) is 1. The van der Waals surface area contributed by atoms with Gasteiger partial charge in [0.25, 0.3) is 0 Å². The lowest BCUT2D eigenvalue weighted by Crippen LogP contribution is -2.27. The lowest BCUT2D eigenvalue weighted by Gasteiger charge is -2.28. The van der Waals surface area contributed by atoms with Crippen LogP contribution in [0.2, 0.25) is 0 Å². The lowest BCUT2D eigenvalue weighted by molar-refractivity contribution is -0.0446. The van der Waals surface area contributed by atoms with Crippen molar-refractivity contribution in [2.45, 2.75) is 50.6 Å². The maximum absolute atomic E-state index is 13.6. The van der Waals surface area contributed by atoms with Crippen molar-refractivity contribution in [3.63, 3.8) is 0 Å². The van der Waals surface area contributed by atoms with Gasteiger partial charge in [-0.15, -0.1) is 0 Å². The first-order valence-electron chi connectivity index (χ1n) is 10.7. The predicted molar refractivity (Wildman–Crippen MR) is 114 cm³/mol. The maximum atomic E-state index is 13.6. The second-order valence-corrected chi connectivity index (χ2v) is 8.58. The van der Waals surface area contributed by atoms with Crippen LogP contribution in [0.25, 0.3) is 11.0 Å². The molecular weight excluding hydrogens is 402 g/mol. The van der Waals surface area contributed by atoms with E-state index in [0.29, 0.717) is 24.4 Å². The molecule has 1 fully saturated rings. The molecule has 5 rings (SSSR count). The number of halogens is 2. The molecule has 0 unspecified atom stereocenters. The number of hydrogen-bond donors (Lipinski definition) is 1. The first-order valence-corrected chi connectivity index (χ1v) is 10.7. The minimum Gasteiger partial charge on any atom is -0.495 e. The molecule has 164 valence electrons. The van der Waals surface area contributed by atoms with Crippen LogP contribution in [-0.2, 0) is 13.0 Å². The number of anilines is 2. The van der Waals surface area contributed by atoms with Gasteiger partial charge in [0, 0.05) is 32.1 Å². The van der Waals surface area contributed by atoms with Crippen molar-refractivity contribution in [1.82, 2.24) is 24.6 Å². The highest BCUT2D eigenvalue weighted by atomic mass is 19.3. The van der Waals surface area contributed by atoms with Crippen molar-refractivity contribution < 1.29 is 13.5 Å². The number of fused-ring (bicyclic) bond motifs is 2. The Morgan fingerprint density at radius 3 is 2.74 bits per heavy atom. The summed E-state index contributed by atoms with van der Waals surface area (Å²) in [5, 5.41) is 8.51. The van der Waals surface area contributed by atoms with E-state index in [0.717, 1.165) is 36.3 Å². The zero-order chi connectivity index (χ0) is 21.6. The molecule has 0 bridgehead atoms. The van der Waals surface area contributed by atoms with Crippen LogP contribution in [0, 0.1) is 0 Å². The fourth-order valence-electron chi connectivity index (χ4n) is 4.55. The van der Waals surface area contributed by atoms with Crippen LogP contribution in [0.3, 0.4) is 0 Å². The van der Waals surface area contributed by atoms with Gasteiger partial charge >= 0.3 is 0 Å². The van der Waals surface area contributed by atoms with Crippen LogP contribution in [0.15, 0.2) is 24.5 Å². The maximum Gasteiger partial charge on any atom is 0.248 e. The van der Waals surface area contributed by atoms with Gasteiger partial charge in [0.2, 0.25) is 11.9 Å². The van der Waals surface area contributed by atoms with Crippen molar-refractivity contribution in [3.05, 3.63) is 35.7 Å². The van der Waals surface area contributed by atoms with Crippen LogP contribution < -0.4 is 10.1 Å². The van der Waals surface area contributed by atoms with E-state index in [1.54, 1.807) is 24.2 Å². The van der Waals surface area contributed by atoms with Crippen molar-refractivity contribution in [2.75, 3.05) is 26.0 Å². The zero-order valence-corrected chi connectivity index (χ0v) is 17.7. The minimum atomic E-state index is -2.57. The molecule has 0 saturated heterocycles. The highest BCUT2D eigenvalue weighted by molar-refractivity contribution is 5.76. The number of methoxy groups -OCH3 is 1. The summed E-state index contributed by atoms with van der Waals surface area (Å²) in [6, 6.07) is 4.10. The second kappa shape index (κ2) is 7.71. The molecule has 2 aromatic heterocycles. The Morgan fingerprint density at radius 1 is 1.16 bits per heavy atom. The molecule has 3 aromatic rings. The van der Waals surface area contributed by atoms with E-state index in [4.69, 9.17) is 4.74 Å². The summed E-state index contributed by atoms with van der Waals surface area (Å²) in [7, 11) is 3.76. The van der Waals surface area contributed by atoms with E-state index < -0.39 is 5.92 Å². The van der Waals surface area contributed by atoms with E-state index in [9.17, 15) is 8.78 Å². The highest BCUT2D eigenvalue weighted by Crippen LogP contribution is 2.39. The van der Waals surface area contributed by atoms with Crippen LogP contribution in [0.5, 0.6) is 5.75 Å². The van der Waals surface area contributed by atoms with Crippen LogP contribution >= 0.6 is 0 Å². The molecule has 1 saturated carbocycles. The van der Waals surface area contributed by atoms with Crippen LogP contribution in [-0.4, -0.2) is 51.3 Å². The Bertz CT molecular complexity index is 1100. The molecule has 1 N–H and O–H groups in total. The number of nitrogens with one attached hydrogen (secondary N) is 1. The van der Waals surface area contributed by atoms with Crippen molar-refractivity contribution in [2.24, 2.45) is 0 Å². The van der Waals surface area contributed by atoms with Gasteiger partial charge in [0.1, 0.15) is 5.75 Å². The standard InChI is InChI=1S/C22H26F2N6O/c1-29-8-5-14-10-19(31-2)18(9-15(14)13-29)27-21-25-11-16-12-26-30(20(16)28-21)17-3-6-22(23,24)7-4-17/h9-12,17H,3-8,13H2,1-2H3,(H,25,27,28). The third kappa shape index (κ3) is 3.94. The first kappa shape index (κ1) is 20.1. The Balaban J connectivity index is 1.44. The van der Waals surface area contributed by atoms with Gasteiger partial charge in [-0.3, -0.25) is 0 Å². The molecule has 1 aliphatic heterocycles. The van der Waals surface area contributed by atoms with Gasteiger partial charge in [-0.1, -0.05) is 0 Å². The number of aromatic nitrogens is 4. The SMILES string of the molecule is COc1cc2c(cc1Nc1ncc3cnn(C4CCC(F)(F)CC4)c3n1)CN(C)CC2. The van der Waals surface area contributed by atoms with Gasteiger partial charge in [-0.2, -0.15) is 10.1 Å². The molecule has 1 aromatic carbocycles. The van der Waals surface area contributed by atoms with Gasteiger partial charge in [-0.05, 0) is 49.6 Å². The predicted octanol–water partition coefficient (Wildman–Crippen LogP) is 4.32. The number of alkyl halides is 2. The Kier molecular flexibility index (Phi) is 5.00. The van der Waals surface area contributed by atoms with E-state index in [-0.39, 0.29) is 18.9 Å². The summed E-state index contributed by atoms with van der Waals surface area (Å²) < 4.78 is 34.5. The van der Waals surface area contributed by atoms with E-state index >= 15 is 0 Å². The number of rotatable bonds is 4. The fourth-order valence-corrected chi connectivity index (χ4v) is 4.55. The average molecular weight is 428 g/mol. The first-order chi connectivity index (χ1) is 14.9. The Labute approximate surface area is 179 Å². The smallest absolute Gasteiger partial charge is 0.248 e. The van der Waals surface area contributed by atoms with Crippen LogP contribution in [0.1, 0.15) is 42.9 Å². The highest BCUT2D eigenvalue weighted by Gasteiger charge is 2.36. The normalized spacial score (nSPS) is 19.4. The molecule has 0 amide bonds. The summed E-state index contributed by atoms with van der Waals surface area (Å²) in [5.41, 5.74) is 4.01. The lowest BCUT2D eigenvalue weighted by atomic mass is 9.92. The molecule has 0 radical (unpaired) electrons. The molecule has 31 heavy (non-hydrogen) atoms. The van der Waals surface area contributed by atoms with E-state index in [1.807, 2.05) is 0 Å². The summed E-state index contributed by atoms with van der Waals surface area (Å²) >= 11 is 0. The quantitative estimate of drug-likeness (QED) is 0.668. The summed E-state index contributed by atoms with van der Waals surface area (Å²) in [6.45, 7) is 1.91. The number of nitrogens with zero attached hydrogens (tertiary/aromatic N) is 5. The molecule has 0 atom stereocenters. The number of likely N-dealkylation sites (N-methyl/N-ethyl adjacent to an activating group) is 1. The average Bonchev–Trinajstić information content (AvgIpc) is 3.16. The molecule has 1 aliphatic carbocycles. The molecule has 2 aliphatic rings. The Hall–Kier alpha value is -2.81. The van der Waals surface area contributed by atoms with E-state index in [2.05, 4.69) is 44.5 Å². The third-order valence-electron chi connectivity index (χ3n) is 6.34. The van der Waals surface area contributed by atoms with Crippen molar-refractivity contribution >= 4 is 22.7 Å². The number of hydrogen-bond acceptors (Lipinski definition) is 6. The zero-order valence-electron chi connectivity index (χ0n) is 17.7.